The number of aryl methyl sites for hydroxylation is 2. The molecule has 4 heteroatoms. The standard InChI is InChI=1S/C17H15ClN2O/c1-10-5-4-6-11(2)15(10)17-19-14-9-12(21-3)7-8-13(14)16(18)20-17/h4-9H,1-3H3. The molecule has 106 valence electrons. The molecule has 0 atom stereocenters. The second-order valence-electron chi connectivity index (χ2n) is 4.99. The number of halogens is 1. The molecule has 3 rings (SSSR count). The van der Waals surface area contributed by atoms with Crippen molar-refractivity contribution < 1.29 is 4.74 Å². The summed E-state index contributed by atoms with van der Waals surface area (Å²) in [6.45, 7) is 4.10. The summed E-state index contributed by atoms with van der Waals surface area (Å²) in [7, 11) is 1.64. The molecule has 0 amide bonds. The van der Waals surface area contributed by atoms with Gasteiger partial charge in [-0.3, -0.25) is 0 Å². The highest BCUT2D eigenvalue weighted by Gasteiger charge is 2.12. The van der Waals surface area contributed by atoms with E-state index in [1.54, 1.807) is 7.11 Å². The molecule has 0 unspecified atom stereocenters. The highest BCUT2D eigenvalue weighted by atomic mass is 35.5. The van der Waals surface area contributed by atoms with Crippen molar-refractivity contribution in [3.05, 3.63) is 52.7 Å². The van der Waals surface area contributed by atoms with Gasteiger partial charge >= 0.3 is 0 Å². The molecule has 21 heavy (non-hydrogen) atoms. The smallest absolute Gasteiger partial charge is 0.162 e. The minimum Gasteiger partial charge on any atom is -0.497 e. The van der Waals surface area contributed by atoms with E-state index < -0.39 is 0 Å². The highest BCUT2D eigenvalue weighted by Crippen LogP contribution is 2.30. The molecule has 0 saturated carbocycles. The number of aromatic nitrogens is 2. The quantitative estimate of drug-likeness (QED) is 0.650. The Morgan fingerprint density at radius 1 is 1.00 bits per heavy atom. The molecule has 0 aliphatic carbocycles. The van der Waals surface area contributed by atoms with Crippen LogP contribution in [0, 0.1) is 13.8 Å². The van der Waals surface area contributed by atoms with Crippen molar-refractivity contribution in [1.82, 2.24) is 9.97 Å². The number of fused-ring (bicyclic) bond motifs is 1. The van der Waals surface area contributed by atoms with Gasteiger partial charge in [-0.05, 0) is 37.1 Å². The van der Waals surface area contributed by atoms with Crippen LogP contribution in [-0.2, 0) is 0 Å². The van der Waals surface area contributed by atoms with E-state index in [1.807, 2.05) is 24.3 Å². The van der Waals surface area contributed by atoms with Crippen LogP contribution in [0.4, 0.5) is 0 Å². The topological polar surface area (TPSA) is 35.0 Å². The van der Waals surface area contributed by atoms with Crippen molar-refractivity contribution in [3.63, 3.8) is 0 Å². The van der Waals surface area contributed by atoms with Gasteiger partial charge in [0.1, 0.15) is 10.9 Å². The Balaban J connectivity index is 2.29. The Morgan fingerprint density at radius 3 is 2.38 bits per heavy atom. The average molecular weight is 299 g/mol. The Bertz CT molecular complexity index is 810. The van der Waals surface area contributed by atoms with Gasteiger partial charge in [0.05, 0.1) is 12.6 Å². The number of hydrogen-bond donors (Lipinski definition) is 0. The molecule has 1 heterocycles. The highest BCUT2D eigenvalue weighted by molar-refractivity contribution is 6.34. The minimum absolute atomic E-state index is 0.459. The van der Waals surface area contributed by atoms with Gasteiger partial charge in [0.15, 0.2) is 5.82 Å². The summed E-state index contributed by atoms with van der Waals surface area (Å²) in [6, 6.07) is 11.7. The van der Waals surface area contributed by atoms with Gasteiger partial charge in [0, 0.05) is 17.0 Å². The zero-order chi connectivity index (χ0) is 15.0. The number of benzene rings is 2. The molecule has 2 aromatic carbocycles. The van der Waals surface area contributed by atoms with Crippen molar-refractivity contribution in [1.29, 1.82) is 0 Å². The van der Waals surface area contributed by atoms with Gasteiger partial charge in [-0.25, -0.2) is 9.97 Å². The molecule has 3 nitrogen and oxygen atoms in total. The Morgan fingerprint density at radius 2 is 1.71 bits per heavy atom. The molecule has 0 radical (unpaired) electrons. The first-order valence-electron chi connectivity index (χ1n) is 6.68. The Labute approximate surface area is 128 Å². The van der Waals surface area contributed by atoms with Crippen LogP contribution in [0.15, 0.2) is 36.4 Å². The van der Waals surface area contributed by atoms with E-state index in [4.69, 9.17) is 16.3 Å². The van der Waals surface area contributed by atoms with Gasteiger partial charge in [0.25, 0.3) is 0 Å². The molecule has 0 spiro atoms. The van der Waals surface area contributed by atoms with Gasteiger partial charge < -0.3 is 4.74 Å². The maximum absolute atomic E-state index is 6.32. The van der Waals surface area contributed by atoms with Gasteiger partial charge in [-0.2, -0.15) is 0 Å². The zero-order valence-corrected chi connectivity index (χ0v) is 12.9. The molecule has 0 aliphatic rings. The van der Waals surface area contributed by atoms with Crippen LogP contribution in [0.5, 0.6) is 5.75 Å². The molecule has 3 aromatic rings. The van der Waals surface area contributed by atoms with E-state index >= 15 is 0 Å². The van der Waals surface area contributed by atoms with E-state index in [9.17, 15) is 0 Å². The van der Waals surface area contributed by atoms with Crippen molar-refractivity contribution in [2.75, 3.05) is 7.11 Å². The molecular weight excluding hydrogens is 284 g/mol. The maximum atomic E-state index is 6.32. The summed E-state index contributed by atoms with van der Waals surface area (Å²) >= 11 is 6.32. The zero-order valence-electron chi connectivity index (χ0n) is 12.1. The first-order valence-corrected chi connectivity index (χ1v) is 7.06. The number of hydrogen-bond acceptors (Lipinski definition) is 3. The number of ether oxygens (including phenoxy) is 1. The first kappa shape index (κ1) is 13.8. The van der Waals surface area contributed by atoms with E-state index in [0.29, 0.717) is 11.0 Å². The number of rotatable bonds is 2. The summed E-state index contributed by atoms with van der Waals surface area (Å²) < 4.78 is 5.25. The van der Waals surface area contributed by atoms with Crippen LogP contribution in [0.3, 0.4) is 0 Å². The monoisotopic (exact) mass is 298 g/mol. The van der Waals surface area contributed by atoms with Crippen LogP contribution in [-0.4, -0.2) is 17.1 Å². The third-order valence-corrected chi connectivity index (χ3v) is 3.85. The molecular formula is C17H15ClN2O. The molecule has 0 bridgehead atoms. The normalized spacial score (nSPS) is 10.9. The lowest BCUT2D eigenvalue weighted by atomic mass is 10.0. The number of nitrogens with zero attached hydrogens (tertiary/aromatic N) is 2. The summed E-state index contributed by atoms with van der Waals surface area (Å²) in [5, 5.41) is 1.28. The predicted molar refractivity (Wildman–Crippen MR) is 86.0 cm³/mol. The molecule has 0 aliphatic heterocycles. The van der Waals surface area contributed by atoms with Gasteiger partial charge in [-0.15, -0.1) is 0 Å². The Hall–Kier alpha value is -2.13. The number of methoxy groups -OCH3 is 1. The predicted octanol–water partition coefficient (Wildman–Crippen LogP) is 4.58. The van der Waals surface area contributed by atoms with Crippen molar-refractivity contribution in [3.8, 4) is 17.1 Å². The third-order valence-electron chi connectivity index (χ3n) is 3.56. The maximum Gasteiger partial charge on any atom is 0.162 e. The summed E-state index contributed by atoms with van der Waals surface area (Å²) in [5.41, 5.74) is 4.08. The van der Waals surface area contributed by atoms with Crippen molar-refractivity contribution in [2.24, 2.45) is 0 Å². The molecule has 1 aromatic heterocycles. The lowest BCUT2D eigenvalue weighted by Crippen LogP contribution is -1.96. The van der Waals surface area contributed by atoms with Crippen LogP contribution in [0.1, 0.15) is 11.1 Å². The fourth-order valence-electron chi connectivity index (χ4n) is 2.48. The van der Waals surface area contributed by atoms with Gasteiger partial charge in [0.2, 0.25) is 0 Å². The Kier molecular flexibility index (Phi) is 3.52. The summed E-state index contributed by atoms with van der Waals surface area (Å²) in [5.74, 6) is 1.40. The lowest BCUT2D eigenvalue weighted by Gasteiger charge is -2.10. The summed E-state index contributed by atoms with van der Waals surface area (Å²) in [6.07, 6.45) is 0. The largest absolute Gasteiger partial charge is 0.497 e. The average Bonchev–Trinajstić information content (AvgIpc) is 2.46. The summed E-state index contributed by atoms with van der Waals surface area (Å²) in [4.78, 5) is 9.12. The van der Waals surface area contributed by atoms with Crippen LogP contribution >= 0.6 is 11.6 Å². The first-order chi connectivity index (χ1) is 10.1. The van der Waals surface area contributed by atoms with Gasteiger partial charge in [-0.1, -0.05) is 29.8 Å². The molecule has 0 fully saturated rings. The lowest BCUT2D eigenvalue weighted by molar-refractivity contribution is 0.415. The van der Waals surface area contributed by atoms with Crippen LogP contribution in [0.2, 0.25) is 5.15 Å². The fourth-order valence-corrected chi connectivity index (χ4v) is 2.72. The minimum atomic E-state index is 0.459. The van der Waals surface area contributed by atoms with E-state index in [0.717, 1.165) is 33.3 Å². The van der Waals surface area contributed by atoms with Crippen molar-refractivity contribution in [2.45, 2.75) is 13.8 Å². The second-order valence-corrected chi connectivity index (χ2v) is 5.35. The van der Waals surface area contributed by atoms with E-state index in [1.165, 1.54) is 0 Å². The molecule has 0 saturated heterocycles. The van der Waals surface area contributed by atoms with E-state index in [-0.39, 0.29) is 0 Å². The SMILES string of the molecule is COc1ccc2c(Cl)nc(-c3c(C)cccc3C)nc2c1. The second kappa shape index (κ2) is 5.34. The van der Waals surface area contributed by atoms with Crippen molar-refractivity contribution >= 4 is 22.5 Å². The van der Waals surface area contributed by atoms with Crippen LogP contribution < -0.4 is 4.74 Å². The fraction of sp³-hybridized carbons (Fsp3) is 0.176. The van der Waals surface area contributed by atoms with Crippen LogP contribution in [0.25, 0.3) is 22.3 Å². The van der Waals surface area contributed by atoms with E-state index in [2.05, 4.69) is 35.9 Å². The third kappa shape index (κ3) is 2.45. The molecule has 0 N–H and O–H groups in total.